The van der Waals surface area contributed by atoms with Gasteiger partial charge in [-0.05, 0) is 34.6 Å². The van der Waals surface area contributed by atoms with E-state index in [2.05, 4.69) is 10.3 Å². The lowest BCUT2D eigenvalue weighted by Crippen LogP contribution is -2.45. The molecule has 0 aromatic rings. The third-order valence-corrected chi connectivity index (χ3v) is 1.46. The van der Waals surface area contributed by atoms with Gasteiger partial charge >= 0.3 is 5.97 Å². The number of hydrogen-bond acceptors (Lipinski definition) is 3. The second-order valence-electron chi connectivity index (χ2n) is 4.32. The molecule has 88 valence electrons. The number of carbonyl (C=O) groups excluding carboxylic acids is 1. The second kappa shape index (κ2) is 5.58. The number of nitrogens with two attached hydrogens (primary N) is 1. The Morgan fingerprint density at radius 1 is 1.53 bits per heavy atom. The number of aliphatic imine (C=N–C) groups is 1. The third kappa shape index (κ3) is 6.76. The summed E-state index contributed by atoms with van der Waals surface area (Å²) in [6.45, 7) is 9.64. The van der Waals surface area contributed by atoms with Gasteiger partial charge in [-0.1, -0.05) is 0 Å². The SMILES string of the molecule is CCOC(=O)C(C)N=C(N)NC(C)(C)C. The van der Waals surface area contributed by atoms with Gasteiger partial charge in [0.05, 0.1) is 6.61 Å². The van der Waals surface area contributed by atoms with E-state index in [9.17, 15) is 4.79 Å². The van der Waals surface area contributed by atoms with Crippen LogP contribution in [0.25, 0.3) is 0 Å². The van der Waals surface area contributed by atoms with E-state index < -0.39 is 6.04 Å². The summed E-state index contributed by atoms with van der Waals surface area (Å²) < 4.78 is 4.81. The highest BCUT2D eigenvalue weighted by Gasteiger charge is 2.15. The molecule has 0 heterocycles. The van der Waals surface area contributed by atoms with Crippen molar-refractivity contribution in [1.29, 1.82) is 0 Å². The van der Waals surface area contributed by atoms with E-state index in [1.165, 1.54) is 0 Å². The molecule has 15 heavy (non-hydrogen) atoms. The van der Waals surface area contributed by atoms with E-state index in [-0.39, 0.29) is 17.5 Å². The van der Waals surface area contributed by atoms with Gasteiger partial charge in [0, 0.05) is 5.54 Å². The monoisotopic (exact) mass is 215 g/mol. The van der Waals surface area contributed by atoms with Crippen LogP contribution in [0.5, 0.6) is 0 Å². The number of hydrogen-bond donors (Lipinski definition) is 2. The first-order valence-corrected chi connectivity index (χ1v) is 5.04. The van der Waals surface area contributed by atoms with Gasteiger partial charge in [0.2, 0.25) is 0 Å². The fraction of sp³-hybridized carbons (Fsp3) is 0.800. The third-order valence-electron chi connectivity index (χ3n) is 1.46. The minimum Gasteiger partial charge on any atom is -0.464 e. The lowest BCUT2D eigenvalue weighted by Gasteiger charge is -2.21. The van der Waals surface area contributed by atoms with E-state index in [0.717, 1.165) is 0 Å². The molecule has 0 aliphatic carbocycles. The van der Waals surface area contributed by atoms with E-state index >= 15 is 0 Å². The molecule has 1 unspecified atom stereocenters. The fourth-order valence-electron chi connectivity index (χ4n) is 0.941. The van der Waals surface area contributed by atoms with Crippen molar-refractivity contribution in [2.45, 2.75) is 46.2 Å². The Morgan fingerprint density at radius 2 is 2.07 bits per heavy atom. The van der Waals surface area contributed by atoms with Crippen molar-refractivity contribution in [3.63, 3.8) is 0 Å². The van der Waals surface area contributed by atoms with Crippen LogP contribution in [0.1, 0.15) is 34.6 Å². The van der Waals surface area contributed by atoms with Crippen molar-refractivity contribution >= 4 is 11.9 Å². The number of carbonyl (C=O) groups is 1. The summed E-state index contributed by atoms with van der Waals surface area (Å²) in [4.78, 5) is 15.2. The maximum absolute atomic E-state index is 11.2. The average Bonchev–Trinajstić information content (AvgIpc) is 2.00. The Bertz CT molecular complexity index is 244. The zero-order valence-corrected chi connectivity index (χ0v) is 10.1. The Balaban J connectivity index is 4.29. The summed E-state index contributed by atoms with van der Waals surface area (Å²) in [5, 5.41) is 2.97. The molecule has 1 atom stereocenters. The number of nitrogens with one attached hydrogen (secondary N) is 1. The van der Waals surface area contributed by atoms with E-state index in [0.29, 0.717) is 6.61 Å². The summed E-state index contributed by atoms with van der Waals surface area (Å²) in [7, 11) is 0. The van der Waals surface area contributed by atoms with Gasteiger partial charge in [-0.25, -0.2) is 9.79 Å². The first-order valence-electron chi connectivity index (χ1n) is 5.04. The Hall–Kier alpha value is -1.26. The number of rotatable bonds is 3. The molecular weight excluding hydrogens is 194 g/mol. The molecule has 0 amide bonds. The molecule has 0 rings (SSSR count). The summed E-state index contributed by atoms with van der Waals surface area (Å²) in [6, 6.07) is -0.570. The number of nitrogens with zero attached hydrogens (tertiary/aromatic N) is 1. The van der Waals surface area contributed by atoms with Crippen LogP contribution in [-0.2, 0) is 9.53 Å². The molecule has 5 heteroatoms. The number of ether oxygens (including phenoxy) is 1. The quantitative estimate of drug-likeness (QED) is 0.411. The molecule has 5 nitrogen and oxygen atoms in total. The second-order valence-corrected chi connectivity index (χ2v) is 4.32. The van der Waals surface area contributed by atoms with Crippen molar-refractivity contribution in [3.05, 3.63) is 0 Å². The van der Waals surface area contributed by atoms with E-state index in [4.69, 9.17) is 10.5 Å². The first kappa shape index (κ1) is 13.7. The molecule has 0 radical (unpaired) electrons. The van der Waals surface area contributed by atoms with Crippen LogP contribution >= 0.6 is 0 Å². The minimum absolute atomic E-state index is 0.165. The summed E-state index contributed by atoms with van der Waals surface area (Å²) >= 11 is 0. The van der Waals surface area contributed by atoms with Crippen molar-refractivity contribution < 1.29 is 9.53 Å². The lowest BCUT2D eigenvalue weighted by molar-refractivity contribution is -0.144. The Morgan fingerprint density at radius 3 is 2.47 bits per heavy atom. The smallest absolute Gasteiger partial charge is 0.330 e. The van der Waals surface area contributed by atoms with Crippen LogP contribution in [0.4, 0.5) is 0 Å². The van der Waals surface area contributed by atoms with Crippen LogP contribution < -0.4 is 11.1 Å². The highest BCUT2D eigenvalue weighted by atomic mass is 16.5. The standard InChI is InChI=1S/C10H21N3O2/c1-6-15-8(14)7(2)12-9(11)13-10(3,4)5/h7H,6H2,1-5H3,(H3,11,12,13). The Kier molecular flexibility index (Phi) is 5.11. The van der Waals surface area contributed by atoms with E-state index in [1.807, 2.05) is 20.8 Å². The number of esters is 1. The van der Waals surface area contributed by atoms with Gasteiger partial charge in [0.25, 0.3) is 0 Å². The molecule has 0 saturated heterocycles. The normalized spacial score (nSPS) is 14.6. The molecule has 0 saturated carbocycles. The van der Waals surface area contributed by atoms with Crippen molar-refractivity contribution in [3.8, 4) is 0 Å². The number of guanidine groups is 1. The van der Waals surface area contributed by atoms with Crippen LogP contribution in [-0.4, -0.2) is 30.1 Å². The Labute approximate surface area is 91.1 Å². The van der Waals surface area contributed by atoms with Gasteiger partial charge < -0.3 is 15.8 Å². The van der Waals surface area contributed by atoms with Crippen LogP contribution in [0.2, 0.25) is 0 Å². The fourth-order valence-corrected chi connectivity index (χ4v) is 0.941. The predicted octanol–water partition coefficient (Wildman–Crippen LogP) is 0.641. The largest absolute Gasteiger partial charge is 0.464 e. The molecule has 0 spiro atoms. The van der Waals surface area contributed by atoms with Crippen LogP contribution in [0.15, 0.2) is 4.99 Å². The maximum atomic E-state index is 11.2. The van der Waals surface area contributed by atoms with Crippen molar-refractivity contribution in [2.24, 2.45) is 10.7 Å². The average molecular weight is 215 g/mol. The molecular formula is C10H21N3O2. The molecule has 3 N–H and O–H groups in total. The van der Waals surface area contributed by atoms with E-state index in [1.54, 1.807) is 13.8 Å². The van der Waals surface area contributed by atoms with Gasteiger partial charge in [0.15, 0.2) is 5.96 Å². The van der Waals surface area contributed by atoms with Gasteiger partial charge in [-0.3, -0.25) is 0 Å². The predicted molar refractivity (Wildman–Crippen MR) is 60.6 cm³/mol. The van der Waals surface area contributed by atoms with Gasteiger partial charge in [-0.15, -0.1) is 0 Å². The molecule has 0 fully saturated rings. The first-order chi connectivity index (χ1) is 6.76. The molecule has 0 bridgehead atoms. The van der Waals surface area contributed by atoms with Crippen molar-refractivity contribution in [2.75, 3.05) is 6.61 Å². The topological polar surface area (TPSA) is 76.7 Å². The maximum Gasteiger partial charge on any atom is 0.330 e. The van der Waals surface area contributed by atoms with Crippen molar-refractivity contribution in [1.82, 2.24) is 5.32 Å². The minimum atomic E-state index is -0.570. The van der Waals surface area contributed by atoms with Crippen LogP contribution in [0, 0.1) is 0 Å². The summed E-state index contributed by atoms with van der Waals surface area (Å²) in [5.41, 5.74) is 5.46. The molecule has 0 aliphatic rings. The summed E-state index contributed by atoms with van der Waals surface area (Å²) in [5.74, 6) is -0.112. The molecule has 0 aromatic heterocycles. The van der Waals surface area contributed by atoms with Gasteiger partial charge in [-0.2, -0.15) is 0 Å². The van der Waals surface area contributed by atoms with Crippen LogP contribution in [0.3, 0.4) is 0 Å². The zero-order valence-electron chi connectivity index (χ0n) is 10.1. The molecule has 0 aliphatic heterocycles. The summed E-state index contributed by atoms with van der Waals surface area (Å²) in [6.07, 6.45) is 0. The highest BCUT2D eigenvalue weighted by Crippen LogP contribution is 1.99. The highest BCUT2D eigenvalue weighted by molar-refractivity contribution is 5.83. The van der Waals surface area contributed by atoms with Gasteiger partial charge in [0.1, 0.15) is 6.04 Å². The zero-order chi connectivity index (χ0) is 12.1. The molecule has 0 aromatic carbocycles. The lowest BCUT2D eigenvalue weighted by atomic mass is 10.1.